The van der Waals surface area contributed by atoms with Crippen molar-refractivity contribution in [1.82, 2.24) is 0 Å². The average molecular weight is 183 g/mol. The smallest absolute Gasteiger partial charge is 0.333 e. The van der Waals surface area contributed by atoms with Gasteiger partial charge in [-0.15, -0.1) is 12.4 Å². The Morgan fingerprint density at radius 3 is 2.20 bits per heavy atom. The van der Waals surface area contributed by atoms with E-state index < -0.39 is 0 Å². The molecule has 4 heteroatoms. The number of hydrogen-bond acceptors (Lipinski definition) is 2. The molecule has 2 atom stereocenters. The summed E-state index contributed by atoms with van der Waals surface area (Å²) >= 11 is 0. The second-order valence-corrected chi connectivity index (χ2v) is 2.83. The number of ether oxygens (including phenoxy) is 1. The molecule has 2 unspecified atom stereocenters. The summed E-state index contributed by atoms with van der Waals surface area (Å²) in [6.45, 7) is 6.81. The van der Waals surface area contributed by atoms with Gasteiger partial charge in [-0.05, 0) is 13.8 Å². The summed E-state index contributed by atoms with van der Waals surface area (Å²) in [6.07, 6.45) is 0. The van der Waals surface area contributed by atoms with Crippen molar-refractivity contribution >= 4 is 27.6 Å². The maximum atomic E-state index is 10.6. The van der Waals surface area contributed by atoms with E-state index in [9.17, 15) is 4.79 Å². The molecule has 0 N–H and O–H groups in total. The van der Waals surface area contributed by atoms with E-state index in [0.29, 0.717) is 5.57 Å². The van der Waals surface area contributed by atoms with Crippen LogP contribution in [0.5, 0.6) is 0 Å². The minimum atomic E-state index is -0.336. The van der Waals surface area contributed by atoms with Gasteiger partial charge in [0.15, 0.2) is 0 Å². The highest BCUT2D eigenvalue weighted by molar-refractivity contribution is 7.17. The summed E-state index contributed by atoms with van der Waals surface area (Å²) in [5.41, 5.74) is 0.435. The first-order valence-corrected chi connectivity index (χ1v) is 3.32. The summed E-state index contributed by atoms with van der Waals surface area (Å²) in [5.74, 6) is -0.466. The SMILES string of the molecule is C=C(C)C(=O)OC(C)P.Cl. The summed E-state index contributed by atoms with van der Waals surface area (Å²) in [7, 11) is 2.36. The van der Waals surface area contributed by atoms with E-state index in [2.05, 4.69) is 15.8 Å². The number of halogens is 1. The molecule has 0 spiro atoms. The first-order valence-electron chi connectivity index (χ1n) is 2.66. The van der Waals surface area contributed by atoms with E-state index in [-0.39, 0.29) is 24.2 Å². The third-order valence-electron chi connectivity index (χ3n) is 0.641. The average Bonchev–Trinajstić information content (AvgIpc) is 1.63. The van der Waals surface area contributed by atoms with E-state index in [0.717, 1.165) is 0 Å². The largest absolute Gasteiger partial charge is 0.455 e. The van der Waals surface area contributed by atoms with E-state index in [1.807, 2.05) is 0 Å². The topological polar surface area (TPSA) is 26.3 Å². The van der Waals surface area contributed by atoms with Crippen LogP contribution in [-0.4, -0.2) is 11.8 Å². The monoisotopic (exact) mass is 182 g/mol. The van der Waals surface area contributed by atoms with E-state index in [1.54, 1.807) is 13.8 Å². The summed E-state index contributed by atoms with van der Waals surface area (Å²) in [5, 5.41) is 0. The summed E-state index contributed by atoms with van der Waals surface area (Å²) in [6, 6.07) is 0. The van der Waals surface area contributed by atoms with Crippen LogP contribution in [-0.2, 0) is 9.53 Å². The van der Waals surface area contributed by atoms with Crippen molar-refractivity contribution in [3.8, 4) is 0 Å². The second kappa shape index (κ2) is 5.70. The van der Waals surface area contributed by atoms with Crippen LogP contribution in [0.2, 0.25) is 0 Å². The molecule has 60 valence electrons. The molecule has 0 aromatic rings. The van der Waals surface area contributed by atoms with E-state index in [1.165, 1.54) is 0 Å². The van der Waals surface area contributed by atoms with Gasteiger partial charge in [-0.1, -0.05) is 15.8 Å². The molecule has 0 aromatic heterocycles. The van der Waals surface area contributed by atoms with Gasteiger partial charge < -0.3 is 4.74 Å². The molecule has 0 saturated heterocycles. The molecular weight excluding hydrogens is 170 g/mol. The van der Waals surface area contributed by atoms with Gasteiger partial charge in [0.25, 0.3) is 0 Å². The molecular formula is C6H12ClO2P. The minimum absolute atomic E-state index is 0. The lowest BCUT2D eigenvalue weighted by atomic mass is 10.4. The van der Waals surface area contributed by atoms with Crippen LogP contribution < -0.4 is 0 Å². The molecule has 0 amide bonds. The first kappa shape index (κ1) is 12.6. The van der Waals surface area contributed by atoms with Gasteiger partial charge >= 0.3 is 5.97 Å². The Bertz CT molecular complexity index is 134. The third-order valence-corrected chi connectivity index (χ3v) is 0.777. The van der Waals surface area contributed by atoms with Gasteiger partial charge in [-0.2, -0.15) is 0 Å². The van der Waals surface area contributed by atoms with Crippen molar-refractivity contribution in [3.05, 3.63) is 12.2 Å². The molecule has 0 aromatic carbocycles. The fraction of sp³-hybridized carbons (Fsp3) is 0.500. The van der Waals surface area contributed by atoms with Gasteiger partial charge in [-0.3, -0.25) is 0 Å². The number of rotatable bonds is 2. The van der Waals surface area contributed by atoms with Gasteiger partial charge in [0.2, 0.25) is 0 Å². The zero-order chi connectivity index (χ0) is 7.44. The van der Waals surface area contributed by atoms with Gasteiger partial charge in [0.05, 0.1) is 0 Å². The lowest BCUT2D eigenvalue weighted by molar-refractivity contribution is -0.139. The summed E-state index contributed by atoms with van der Waals surface area (Å²) in [4.78, 5) is 10.6. The van der Waals surface area contributed by atoms with Crippen LogP contribution in [0.25, 0.3) is 0 Å². The standard InChI is InChI=1S/C6H11O2P.ClH/c1-4(2)6(7)8-5(3)9;/h5H,1,9H2,2-3H3;1H. The number of esters is 1. The van der Waals surface area contributed by atoms with Crippen LogP contribution >= 0.6 is 21.6 Å². The molecule has 0 heterocycles. The maximum Gasteiger partial charge on any atom is 0.333 e. The van der Waals surface area contributed by atoms with Gasteiger partial charge in [0.1, 0.15) is 5.85 Å². The quantitative estimate of drug-likeness (QED) is 0.370. The predicted octanol–water partition coefficient (Wildman–Crippen LogP) is 1.75. The van der Waals surface area contributed by atoms with Crippen LogP contribution in [0.3, 0.4) is 0 Å². The fourth-order valence-electron chi connectivity index (χ4n) is 0.269. The summed E-state index contributed by atoms with van der Waals surface area (Å²) < 4.78 is 4.74. The third kappa shape index (κ3) is 6.06. The van der Waals surface area contributed by atoms with Crippen molar-refractivity contribution in [3.63, 3.8) is 0 Å². The highest BCUT2D eigenvalue weighted by atomic mass is 35.5. The molecule has 0 aliphatic carbocycles. The Kier molecular flexibility index (Phi) is 7.17. The molecule has 10 heavy (non-hydrogen) atoms. The van der Waals surface area contributed by atoms with E-state index >= 15 is 0 Å². The maximum absolute atomic E-state index is 10.6. The molecule has 0 aliphatic heterocycles. The van der Waals surface area contributed by atoms with Crippen LogP contribution in [0.15, 0.2) is 12.2 Å². The lowest BCUT2D eigenvalue weighted by Crippen LogP contribution is -2.08. The van der Waals surface area contributed by atoms with Crippen molar-refractivity contribution < 1.29 is 9.53 Å². The molecule has 0 aliphatic rings. The van der Waals surface area contributed by atoms with Crippen molar-refractivity contribution in [2.24, 2.45) is 0 Å². The van der Waals surface area contributed by atoms with Crippen LogP contribution in [0.1, 0.15) is 13.8 Å². The van der Waals surface area contributed by atoms with Gasteiger partial charge in [-0.25, -0.2) is 4.79 Å². The Balaban J connectivity index is 0. The molecule has 0 saturated carbocycles. The van der Waals surface area contributed by atoms with Crippen molar-refractivity contribution in [1.29, 1.82) is 0 Å². The minimum Gasteiger partial charge on any atom is -0.455 e. The Hall–Kier alpha value is -0.0700. The van der Waals surface area contributed by atoms with Crippen molar-refractivity contribution in [2.45, 2.75) is 19.7 Å². The van der Waals surface area contributed by atoms with Crippen LogP contribution in [0.4, 0.5) is 0 Å². The Morgan fingerprint density at radius 1 is 1.70 bits per heavy atom. The zero-order valence-corrected chi connectivity index (χ0v) is 8.06. The normalized spacial score (nSPS) is 11.1. The lowest BCUT2D eigenvalue weighted by Gasteiger charge is -2.05. The Morgan fingerprint density at radius 2 is 2.10 bits per heavy atom. The molecule has 0 bridgehead atoms. The second-order valence-electron chi connectivity index (χ2n) is 1.89. The number of carbonyl (C=O) groups is 1. The highest BCUT2D eigenvalue weighted by Crippen LogP contribution is 2.03. The van der Waals surface area contributed by atoms with E-state index in [4.69, 9.17) is 4.74 Å². The van der Waals surface area contributed by atoms with Crippen molar-refractivity contribution in [2.75, 3.05) is 0 Å². The molecule has 0 rings (SSSR count). The molecule has 2 nitrogen and oxygen atoms in total. The van der Waals surface area contributed by atoms with Gasteiger partial charge in [0, 0.05) is 5.57 Å². The fourth-order valence-corrected chi connectivity index (χ4v) is 0.393. The number of hydrogen-bond donors (Lipinski definition) is 0. The molecule has 0 radical (unpaired) electrons. The Labute approximate surface area is 69.6 Å². The zero-order valence-electron chi connectivity index (χ0n) is 6.09. The first-order chi connectivity index (χ1) is 4.04. The highest BCUT2D eigenvalue weighted by Gasteiger charge is 2.03. The predicted molar refractivity (Wildman–Crippen MR) is 47.3 cm³/mol. The molecule has 0 fully saturated rings. The van der Waals surface area contributed by atoms with Crippen LogP contribution in [0, 0.1) is 0 Å². The number of carbonyl (C=O) groups excluding carboxylic acids is 1.